The average molecular weight is 252 g/mol. The number of hydrogen-bond acceptors (Lipinski definition) is 4. The van der Waals surface area contributed by atoms with Gasteiger partial charge in [-0.2, -0.15) is 0 Å². The van der Waals surface area contributed by atoms with Crippen molar-refractivity contribution in [2.45, 2.75) is 39.2 Å². The predicted octanol–water partition coefficient (Wildman–Crippen LogP) is 1.14. The Bertz CT molecular complexity index is 388. The highest BCUT2D eigenvalue weighted by molar-refractivity contribution is 4.99. The van der Waals surface area contributed by atoms with Crippen molar-refractivity contribution in [3.63, 3.8) is 0 Å². The summed E-state index contributed by atoms with van der Waals surface area (Å²) in [6.07, 6.45) is 2.31. The van der Waals surface area contributed by atoms with Crippen LogP contribution in [-0.2, 0) is 13.6 Å². The Morgan fingerprint density at radius 2 is 2.17 bits per heavy atom. The van der Waals surface area contributed by atoms with Gasteiger partial charge < -0.3 is 9.67 Å². The van der Waals surface area contributed by atoms with Gasteiger partial charge in [0.05, 0.1) is 6.54 Å². The fourth-order valence-corrected chi connectivity index (χ4v) is 2.66. The summed E-state index contributed by atoms with van der Waals surface area (Å²) in [5, 5.41) is 17.8. The quantitative estimate of drug-likeness (QED) is 0.873. The fourth-order valence-electron chi connectivity index (χ4n) is 2.66. The van der Waals surface area contributed by atoms with Gasteiger partial charge in [0.25, 0.3) is 0 Å². The van der Waals surface area contributed by atoms with Gasteiger partial charge in [-0.15, -0.1) is 10.2 Å². The summed E-state index contributed by atoms with van der Waals surface area (Å²) in [6, 6.07) is 0. The summed E-state index contributed by atoms with van der Waals surface area (Å²) in [5.41, 5.74) is 0. The van der Waals surface area contributed by atoms with Gasteiger partial charge in [0.2, 0.25) is 0 Å². The molecule has 1 aromatic heterocycles. The van der Waals surface area contributed by atoms with E-state index >= 15 is 0 Å². The molecule has 0 saturated carbocycles. The molecule has 0 aliphatic carbocycles. The Morgan fingerprint density at radius 1 is 1.39 bits per heavy atom. The van der Waals surface area contributed by atoms with Crippen LogP contribution in [0.25, 0.3) is 0 Å². The lowest BCUT2D eigenvalue weighted by Gasteiger charge is -2.31. The first-order valence-electron chi connectivity index (χ1n) is 6.83. The lowest BCUT2D eigenvalue weighted by Crippen LogP contribution is -2.36. The molecule has 0 amide bonds. The largest absolute Gasteiger partial charge is 0.396 e. The highest BCUT2D eigenvalue weighted by Crippen LogP contribution is 2.18. The number of rotatable bonds is 4. The van der Waals surface area contributed by atoms with E-state index in [0.717, 1.165) is 37.7 Å². The summed E-state index contributed by atoms with van der Waals surface area (Å²) in [5.74, 6) is 2.90. The van der Waals surface area contributed by atoms with E-state index in [0.29, 0.717) is 18.4 Å². The van der Waals surface area contributed by atoms with Crippen LogP contribution < -0.4 is 0 Å². The Hall–Kier alpha value is -0.940. The molecule has 0 spiro atoms. The van der Waals surface area contributed by atoms with E-state index in [1.807, 2.05) is 7.05 Å². The minimum atomic E-state index is 0.298. The molecule has 1 atom stereocenters. The van der Waals surface area contributed by atoms with Crippen LogP contribution in [0.4, 0.5) is 0 Å². The number of hydrogen-bond donors (Lipinski definition) is 1. The number of likely N-dealkylation sites (tertiary alicyclic amines) is 1. The minimum Gasteiger partial charge on any atom is -0.396 e. The molecular weight excluding hydrogens is 228 g/mol. The predicted molar refractivity (Wildman–Crippen MR) is 70.2 cm³/mol. The summed E-state index contributed by atoms with van der Waals surface area (Å²) < 4.78 is 2.10. The first-order chi connectivity index (χ1) is 8.61. The maximum atomic E-state index is 9.25. The minimum absolute atomic E-state index is 0.298. The van der Waals surface area contributed by atoms with Crippen LogP contribution in [0.2, 0.25) is 0 Å². The zero-order valence-corrected chi connectivity index (χ0v) is 11.6. The van der Waals surface area contributed by atoms with E-state index < -0.39 is 0 Å². The second kappa shape index (κ2) is 5.80. The molecule has 1 aromatic rings. The molecule has 2 rings (SSSR count). The third kappa shape index (κ3) is 2.90. The smallest absolute Gasteiger partial charge is 0.146 e. The summed E-state index contributed by atoms with van der Waals surface area (Å²) in [7, 11) is 2.04. The van der Waals surface area contributed by atoms with Gasteiger partial charge in [-0.25, -0.2) is 0 Å². The molecule has 102 valence electrons. The van der Waals surface area contributed by atoms with Crippen molar-refractivity contribution >= 4 is 0 Å². The third-order valence-corrected chi connectivity index (χ3v) is 3.74. The molecule has 0 aromatic carbocycles. The van der Waals surface area contributed by atoms with E-state index in [4.69, 9.17) is 0 Å². The normalized spacial score (nSPS) is 21.7. The van der Waals surface area contributed by atoms with Crippen molar-refractivity contribution in [1.82, 2.24) is 19.7 Å². The molecule has 18 heavy (non-hydrogen) atoms. The molecule has 1 fully saturated rings. The van der Waals surface area contributed by atoms with Gasteiger partial charge in [-0.1, -0.05) is 13.8 Å². The standard InChI is InChI=1S/C13H24N4O/c1-10(2)13-15-14-12(16(13)3)8-17-6-4-5-11(7-17)9-18/h10-11,18H,4-9H2,1-3H3. The van der Waals surface area contributed by atoms with Crippen molar-refractivity contribution in [2.75, 3.05) is 19.7 Å². The fraction of sp³-hybridized carbons (Fsp3) is 0.846. The molecule has 1 aliphatic rings. The van der Waals surface area contributed by atoms with Crippen LogP contribution in [0.5, 0.6) is 0 Å². The van der Waals surface area contributed by atoms with Crippen molar-refractivity contribution in [3.05, 3.63) is 11.6 Å². The maximum Gasteiger partial charge on any atom is 0.146 e. The van der Waals surface area contributed by atoms with Gasteiger partial charge >= 0.3 is 0 Å². The van der Waals surface area contributed by atoms with E-state index in [1.165, 1.54) is 6.42 Å². The van der Waals surface area contributed by atoms with Crippen molar-refractivity contribution in [1.29, 1.82) is 0 Å². The Morgan fingerprint density at radius 3 is 2.78 bits per heavy atom. The number of aromatic nitrogens is 3. The Kier molecular flexibility index (Phi) is 4.35. The zero-order chi connectivity index (χ0) is 13.1. The summed E-state index contributed by atoms with van der Waals surface area (Å²) in [6.45, 7) is 7.48. The summed E-state index contributed by atoms with van der Waals surface area (Å²) >= 11 is 0. The SMILES string of the molecule is CC(C)c1nnc(CN2CCCC(CO)C2)n1C. The lowest BCUT2D eigenvalue weighted by atomic mass is 9.99. The first-order valence-corrected chi connectivity index (χ1v) is 6.83. The molecule has 0 bridgehead atoms. The highest BCUT2D eigenvalue weighted by atomic mass is 16.3. The van der Waals surface area contributed by atoms with E-state index in [1.54, 1.807) is 0 Å². The van der Waals surface area contributed by atoms with Crippen LogP contribution >= 0.6 is 0 Å². The summed E-state index contributed by atoms with van der Waals surface area (Å²) in [4.78, 5) is 2.37. The molecule has 1 unspecified atom stereocenters. The maximum absolute atomic E-state index is 9.25. The molecule has 5 heteroatoms. The molecule has 5 nitrogen and oxygen atoms in total. The van der Waals surface area contributed by atoms with Crippen LogP contribution in [0.15, 0.2) is 0 Å². The lowest BCUT2D eigenvalue weighted by molar-refractivity contribution is 0.113. The van der Waals surface area contributed by atoms with Gasteiger partial charge in [-0.05, 0) is 25.3 Å². The Balaban J connectivity index is 2.01. The molecule has 1 N–H and O–H groups in total. The molecule has 1 aliphatic heterocycles. The van der Waals surface area contributed by atoms with Crippen LogP contribution in [0.3, 0.4) is 0 Å². The zero-order valence-electron chi connectivity index (χ0n) is 11.6. The van der Waals surface area contributed by atoms with E-state index in [-0.39, 0.29) is 0 Å². The molecular formula is C13H24N4O. The van der Waals surface area contributed by atoms with Crippen LogP contribution in [0, 0.1) is 5.92 Å². The molecule has 2 heterocycles. The topological polar surface area (TPSA) is 54.2 Å². The van der Waals surface area contributed by atoms with E-state index in [2.05, 4.69) is 33.5 Å². The molecule has 0 radical (unpaired) electrons. The number of aliphatic hydroxyl groups excluding tert-OH is 1. The van der Waals surface area contributed by atoms with Gasteiger partial charge in [0, 0.05) is 26.1 Å². The second-order valence-corrected chi connectivity index (χ2v) is 5.61. The number of nitrogens with zero attached hydrogens (tertiary/aromatic N) is 4. The number of piperidine rings is 1. The third-order valence-electron chi connectivity index (χ3n) is 3.74. The van der Waals surface area contributed by atoms with Crippen molar-refractivity contribution in [3.8, 4) is 0 Å². The second-order valence-electron chi connectivity index (χ2n) is 5.61. The highest BCUT2D eigenvalue weighted by Gasteiger charge is 2.21. The van der Waals surface area contributed by atoms with Crippen molar-refractivity contribution < 1.29 is 5.11 Å². The van der Waals surface area contributed by atoms with Crippen LogP contribution in [0.1, 0.15) is 44.3 Å². The van der Waals surface area contributed by atoms with Gasteiger partial charge in [0.15, 0.2) is 0 Å². The van der Waals surface area contributed by atoms with Crippen molar-refractivity contribution in [2.24, 2.45) is 13.0 Å². The monoisotopic (exact) mass is 252 g/mol. The average Bonchev–Trinajstić information content (AvgIpc) is 2.71. The molecule has 1 saturated heterocycles. The number of aliphatic hydroxyl groups is 1. The van der Waals surface area contributed by atoms with Crippen LogP contribution in [-0.4, -0.2) is 44.5 Å². The van der Waals surface area contributed by atoms with Gasteiger partial charge in [0.1, 0.15) is 11.6 Å². The van der Waals surface area contributed by atoms with Gasteiger partial charge in [-0.3, -0.25) is 4.90 Å². The van der Waals surface area contributed by atoms with E-state index in [9.17, 15) is 5.11 Å². The Labute approximate surface area is 109 Å². The first kappa shape index (κ1) is 13.5.